The number of rotatable bonds is 6. The summed E-state index contributed by atoms with van der Waals surface area (Å²) in [5.74, 6) is 0. The summed E-state index contributed by atoms with van der Waals surface area (Å²) in [5.41, 5.74) is 5.14. The average Bonchev–Trinajstić information content (AvgIpc) is 2.44. The monoisotopic (exact) mass is 301 g/mol. The van der Waals surface area contributed by atoms with E-state index in [9.17, 15) is 0 Å². The number of aryl methyl sites for hydroxylation is 2. The Kier molecular flexibility index (Phi) is 5.84. The van der Waals surface area contributed by atoms with Gasteiger partial charge in [0.05, 0.1) is 6.04 Å². The highest BCUT2D eigenvalue weighted by atomic mass is 35.5. The fraction of sp³-hybridized carbons (Fsp3) is 0.368. The van der Waals surface area contributed by atoms with Crippen molar-refractivity contribution in [2.24, 2.45) is 0 Å². The van der Waals surface area contributed by atoms with Crippen LogP contribution in [0.5, 0.6) is 0 Å². The molecule has 0 radical (unpaired) electrons. The van der Waals surface area contributed by atoms with Crippen LogP contribution in [0.3, 0.4) is 0 Å². The van der Waals surface area contributed by atoms with Crippen LogP contribution in [-0.4, -0.2) is 6.54 Å². The van der Waals surface area contributed by atoms with Crippen LogP contribution < -0.4 is 5.32 Å². The molecule has 112 valence electrons. The molecule has 0 aliphatic rings. The maximum Gasteiger partial charge on any atom is 0.0577 e. The van der Waals surface area contributed by atoms with Gasteiger partial charge in [0.15, 0.2) is 0 Å². The fourth-order valence-electron chi connectivity index (χ4n) is 2.78. The first-order chi connectivity index (χ1) is 10.1. The first-order valence-electron chi connectivity index (χ1n) is 7.73. The highest BCUT2D eigenvalue weighted by molar-refractivity contribution is 6.30. The van der Waals surface area contributed by atoms with E-state index >= 15 is 0 Å². The van der Waals surface area contributed by atoms with Gasteiger partial charge in [0, 0.05) is 5.02 Å². The van der Waals surface area contributed by atoms with E-state index in [1.807, 2.05) is 6.07 Å². The van der Waals surface area contributed by atoms with Gasteiger partial charge in [-0.3, -0.25) is 0 Å². The van der Waals surface area contributed by atoms with Crippen LogP contribution >= 0.6 is 11.6 Å². The predicted octanol–water partition coefficient (Wildman–Crippen LogP) is 5.30. The van der Waals surface area contributed by atoms with Crippen molar-refractivity contribution >= 4 is 11.6 Å². The summed E-state index contributed by atoms with van der Waals surface area (Å²) in [6.45, 7) is 7.37. The van der Waals surface area contributed by atoms with Crippen molar-refractivity contribution in [2.75, 3.05) is 6.54 Å². The molecule has 0 aromatic heterocycles. The molecule has 0 aliphatic heterocycles. The SMILES string of the molecule is CCCc1cccc(C(NCC)c2cc(C)cc(Cl)c2)c1. The van der Waals surface area contributed by atoms with Gasteiger partial charge in [-0.05, 0) is 54.3 Å². The Balaban J connectivity index is 2.40. The van der Waals surface area contributed by atoms with Gasteiger partial charge in [0.25, 0.3) is 0 Å². The summed E-state index contributed by atoms with van der Waals surface area (Å²) in [5, 5.41) is 4.38. The summed E-state index contributed by atoms with van der Waals surface area (Å²) in [6.07, 6.45) is 2.30. The van der Waals surface area contributed by atoms with Gasteiger partial charge in [-0.2, -0.15) is 0 Å². The molecule has 0 fully saturated rings. The van der Waals surface area contributed by atoms with Crippen molar-refractivity contribution < 1.29 is 0 Å². The van der Waals surface area contributed by atoms with Crippen LogP contribution in [0.15, 0.2) is 42.5 Å². The van der Waals surface area contributed by atoms with Crippen LogP contribution in [0.2, 0.25) is 5.02 Å². The minimum absolute atomic E-state index is 0.198. The fourth-order valence-corrected chi connectivity index (χ4v) is 3.08. The predicted molar refractivity (Wildman–Crippen MR) is 92.1 cm³/mol. The molecule has 0 spiro atoms. The van der Waals surface area contributed by atoms with E-state index in [-0.39, 0.29) is 6.04 Å². The molecule has 0 heterocycles. The van der Waals surface area contributed by atoms with Crippen molar-refractivity contribution in [3.63, 3.8) is 0 Å². The van der Waals surface area contributed by atoms with E-state index in [0.717, 1.165) is 18.0 Å². The summed E-state index contributed by atoms with van der Waals surface area (Å²) in [4.78, 5) is 0. The molecule has 1 N–H and O–H groups in total. The lowest BCUT2D eigenvalue weighted by Crippen LogP contribution is -2.22. The quantitative estimate of drug-likeness (QED) is 0.763. The lowest BCUT2D eigenvalue weighted by atomic mass is 9.95. The summed E-state index contributed by atoms with van der Waals surface area (Å²) < 4.78 is 0. The van der Waals surface area contributed by atoms with E-state index in [0.29, 0.717) is 0 Å². The molecule has 1 unspecified atom stereocenters. The Morgan fingerprint density at radius 1 is 1.05 bits per heavy atom. The van der Waals surface area contributed by atoms with Crippen LogP contribution in [-0.2, 0) is 6.42 Å². The molecular weight excluding hydrogens is 278 g/mol. The molecular formula is C19H24ClN. The zero-order valence-corrected chi connectivity index (χ0v) is 13.9. The molecule has 2 rings (SSSR count). The number of halogens is 1. The van der Waals surface area contributed by atoms with E-state index in [4.69, 9.17) is 11.6 Å². The van der Waals surface area contributed by atoms with Crippen molar-refractivity contribution in [3.05, 3.63) is 69.7 Å². The smallest absolute Gasteiger partial charge is 0.0577 e. The first kappa shape index (κ1) is 16.1. The maximum atomic E-state index is 6.24. The minimum Gasteiger partial charge on any atom is -0.307 e. The van der Waals surface area contributed by atoms with E-state index in [2.05, 4.69) is 62.5 Å². The number of hydrogen-bond donors (Lipinski definition) is 1. The summed E-state index contributed by atoms with van der Waals surface area (Å²) in [7, 11) is 0. The molecule has 2 aromatic rings. The Bertz CT molecular complexity index is 572. The standard InChI is InChI=1S/C19H24ClN/c1-4-7-15-8-6-9-16(12-15)19(21-5-2)17-10-14(3)11-18(20)13-17/h6,8-13,19,21H,4-5,7H2,1-3H3. The molecule has 0 aliphatic carbocycles. The van der Waals surface area contributed by atoms with Gasteiger partial charge < -0.3 is 5.32 Å². The zero-order chi connectivity index (χ0) is 15.2. The molecule has 2 heteroatoms. The van der Waals surface area contributed by atoms with Crippen molar-refractivity contribution in [2.45, 2.75) is 39.7 Å². The van der Waals surface area contributed by atoms with Crippen molar-refractivity contribution in [3.8, 4) is 0 Å². The van der Waals surface area contributed by atoms with Crippen molar-refractivity contribution in [1.29, 1.82) is 0 Å². The second kappa shape index (κ2) is 7.63. The average molecular weight is 302 g/mol. The largest absolute Gasteiger partial charge is 0.307 e. The molecule has 0 saturated heterocycles. The topological polar surface area (TPSA) is 12.0 Å². The highest BCUT2D eigenvalue weighted by Crippen LogP contribution is 2.26. The van der Waals surface area contributed by atoms with Crippen LogP contribution in [0.1, 0.15) is 48.6 Å². The zero-order valence-electron chi connectivity index (χ0n) is 13.1. The van der Waals surface area contributed by atoms with Gasteiger partial charge in [-0.25, -0.2) is 0 Å². The van der Waals surface area contributed by atoms with E-state index in [1.165, 1.54) is 28.7 Å². The number of hydrogen-bond acceptors (Lipinski definition) is 1. The lowest BCUT2D eigenvalue weighted by Gasteiger charge is -2.20. The third-order valence-corrected chi connectivity index (χ3v) is 3.85. The minimum atomic E-state index is 0.198. The highest BCUT2D eigenvalue weighted by Gasteiger charge is 2.14. The molecule has 1 nitrogen and oxygen atoms in total. The maximum absolute atomic E-state index is 6.24. The number of benzene rings is 2. The van der Waals surface area contributed by atoms with Gasteiger partial charge in [-0.15, -0.1) is 0 Å². The lowest BCUT2D eigenvalue weighted by molar-refractivity contribution is 0.629. The van der Waals surface area contributed by atoms with E-state index in [1.54, 1.807) is 0 Å². The van der Waals surface area contributed by atoms with Gasteiger partial charge in [-0.1, -0.05) is 62.2 Å². The van der Waals surface area contributed by atoms with Gasteiger partial charge >= 0.3 is 0 Å². The van der Waals surface area contributed by atoms with Crippen molar-refractivity contribution in [1.82, 2.24) is 5.32 Å². The first-order valence-corrected chi connectivity index (χ1v) is 8.11. The van der Waals surface area contributed by atoms with Crippen LogP contribution in [0.4, 0.5) is 0 Å². The molecule has 0 saturated carbocycles. The van der Waals surface area contributed by atoms with Gasteiger partial charge in [0.2, 0.25) is 0 Å². The summed E-state index contributed by atoms with van der Waals surface area (Å²) in [6, 6.07) is 15.3. The Hall–Kier alpha value is -1.31. The summed E-state index contributed by atoms with van der Waals surface area (Å²) >= 11 is 6.24. The second-order valence-electron chi connectivity index (χ2n) is 5.55. The molecule has 0 amide bonds. The number of nitrogens with one attached hydrogen (secondary N) is 1. The second-order valence-corrected chi connectivity index (χ2v) is 5.98. The third kappa shape index (κ3) is 4.33. The Labute approximate surface area is 133 Å². The third-order valence-electron chi connectivity index (χ3n) is 3.63. The molecule has 0 bridgehead atoms. The Morgan fingerprint density at radius 3 is 2.52 bits per heavy atom. The van der Waals surface area contributed by atoms with Gasteiger partial charge in [0.1, 0.15) is 0 Å². The Morgan fingerprint density at radius 2 is 1.86 bits per heavy atom. The normalized spacial score (nSPS) is 12.4. The molecule has 2 aromatic carbocycles. The van der Waals surface area contributed by atoms with E-state index < -0.39 is 0 Å². The van der Waals surface area contributed by atoms with Crippen LogP contribution in [0.25, 0.3) is 0 Å². The molecule has 1 atom stereocenters. The van der Waals surface area contributed by atoms with Crippen LogP contribution in [0, 0.1) is 6.92 Å². The molecule has 21 heavy (non-hydrogen) atoms.